The molecule has 4 rings (SSSR count). The Labute approximate surface area is 496 Å². The Balaban J connectivity index is 0.000000507. The molecule has 0 aliphatic rings. The number of allylic oxidation sites excluding steroid dienone is 3. The van der Waals surface area contributed by atoms with Crippen LogP contribution < -0.4 is 58.0 Å². The predicted octanol–water partition coefficient (Wildman–Crippen LogP) is 8.84. The first kappa shape index (κ1) is 70.6. The third kappa shape index (κ3) is 25.5. The standard InChI is InChI=1S/C29H35NO9S2.C25H26O8S.C4H9NOS/c1-18(40-12-11-30-19(2)31)13-28(34)41-17-27(33)39-24-14-20(8-10-23(24)35-3)7-9-22(32)21-15-25(36-4)29(38-6)26(16-21)37-5;1-6-7-24(28)34-15-23(27)33-20-12-16(9-11-19(20)29-2)8-10-18(26)17-13-21(30-3)25(32-5)22(14-17)31-4;1-4(6)5-2-3-7/h7-10,14-16,18H,11-13,17H2,1-6H3,(H,30,31);6-14H,15H2,1-5H3;7H,2-3H2,1H3,(H,5,6)/b9-7+;7-6+,10-8+;. The highest BCUT2D eigenvalue weighted by Gasteiger charge is 2.20. The lowest BCUT2D eigenvalue weighted by Crippen LogP contribution is -2.23. The van der Waals surface area contributed by atoms with Gasteiger partial charge in [-0.1, -0.05) is 60.8 Å². The quantitative estimate of drug-likeness (QED) is 0.0115. The minimum Gasteiger partial charge on any atom is -0.493 e. The minimum absolute atomic E-state index is 0.00838. The monoisotopic (exact) mass is 1210 g/mol. The molecule has 444 valence electrons. The van der Waals surface area contributed by atoms with Gasteiger partial charge in [-0.3, -0.25) is 38.4 Å². The predicted molar refractivity (Wildman–Crippen MR) is 324 cm³/mol. The number of ether oxygens (including phenoxy) is 10. The summed E-state index contributed by atoms with van der Waals surface area (Å²) >= 11 is 7.18. The summed E-state index contributed by atoms with van der Waals surface area (Å²) in [6.45, 7) is 7.78. The number of carbonyl (C=O) groups is 8. The van der Waals surface area contributed by atoms with E-state index in [0.717, 1.165) is 23.5 Å². The molecule has 20 nitrogen and oxygen atoms in total. The fraction of sp³-hybridized carbons (Fsp3) is 0.345. The van der Waals surface area contributed by atoms with Crippen molar-refractivity contribution in [3.8, 4) is 57.5 Å². The van der Waals surface area contributed by atoms with Gasteiger partial charge in [0.1, 0.15) is 0 Å². The van der Waals surface area contributed by atoms with Gasteiger partial charge >= 0.3 is 11.9 Å². The lowest BCUT2D eigenvalue weighted by atomic mass is 10.1. The molecule has 0 aromatic heterocycles. The van der Waals surface area contributed by atoms with E-state index in [9.17, 15) is 38.4 Å². The first-order chi connectivity index (χ1) is 39.2. The fourth-order valence-corrected chi connectivity index (χ4v) is 8.93. The van der Waals surface area contributed by atoms with Crippen molar-refractivity contribution in [1.29, 1.82) is 0 Å². The third-order valence-electron chi connectivity index (χ3n) is 10.4. The van der Waals surface area contributed by atoms with Crippen molar-refractivity contribution in [1.82, 2.24) is 10.6 Å². The molecular weight excluding hydrogens is 1140 g/mol. The van der Waals surface area contributed by atoms with Gasteiger partial charge in [0.15, 0.2) is 62.7 Å². The average Bonchev–Trinajstić information content (AvgIpc) is 3.53. The summed E-state index contributed by atoms with van der Waals surface area (Å²) in [6, 6.07) is 16.0. The Bertz CT molecular complexity index is 2860. The number of rotatable bonds is 29. The van der Waals surface area contributed by atoms with Gasteiger partial charge in [-0.15, -0.1) is 0 Å². The van der Waals surface area contributed by atoms with Crippen LogP contribution in [0.1, 0.15) is 66.0 Å². The zero-order valence-electron chi connectivity index (χ0n) is 47.8. The van der Waals surface area contributed by atoms with Gasteiger partial charge in [-0.25, -0.2) is 0 Å². The van der Waals surface area contributed by atoms with Crippen molar-refractivity contribution in [3.05, 3.63) is 107 Å². The maximum atomic E-state index is 12.9. The highest BCUT2D eigenvalue weighted by atomic mass is 32.2. The molecule has 0 radical (unpaired) electrons. The van der Waals surface area contributed by atoms with Gasteiger partial charge < -0.3 is 58.0 Å². The molecule has 0 aliphatic heterocycles. The highest BCUT2D eigenvalue weighted by Crippen LogP contribution is 2.40. The van der Waals surface area contributed by atoms with Gasteiger partial charge in [0.05, 0.1) is 68.4 Å². The van der Waals surface area contributed by atoms with E-state index in [4.69, 9.17) is 47.4 Å². The van der Waals surface area contributed by atoms with Crippen LogP contribution in [-0.4, -0.2) is 144 Å². The van der Waals surface area contributed by atoms with Crippen LogP contribution in [0.25, 0.3) is 12.2 Å². The molecule has 4 aromatic carbocycles. The molecule has 1 atom stereocenters. The topological polar surface area (TPSA) is 253 Å². The summed E-state index contributed by atoms with van der Waals surface area (Å²) in [5, 5.41) is 4.96. The van der Waals surface area contributed by atoms with E-state index in [0.29, 0.717) is 92.8 Å². The van der Waals surface area contributed by atoms with Crippen molar-refractivity contribution in [2.24, 2.45) is 0 Å². The highest BCUT2D eigenvalue weighted by molar-refractivity contribution is 8.14. The fourth-order valence-electron chi connectivity index (χ4n) is 6.57. The van der Waals surface area contributed by atoms with Crippen LogP contribution in [0.3, 0.4) is 0 Å². The van der Waals surface area contributed by atoms with E-state index in [-0.39, 0.29) is 68.3 Å². The number of thiol groups is 1. The molecule has 2 N–H and O–H groups in total. The summed E-state index contributed by atoms with van der Waals surface area (Å²) in [5.74, 6) is 2.40. The van der Waals surface area contributed by atoms with Gasteiger partial charge in [-0.05, 0) is 84.8 Å². The molecule has 0 heterocycles. The molecular formula is C58H70N2O18S4. The SMILES string of the molecule is C/C=C/C(=O)SCC(=O)Oc1cc(/C=C/C(=O)c2cc(OC)c(OC)c(OC)c2)ccc1OC.CC(=O)NCCS.COc1ccc(/C=C/C(=O)c2cc(OC)c(OC)c(OC)c2)cc1OC(=O)CSC(=O)CC(C)SCCNC(C)=O. The number of amides is 2. The van der Waals surface area contributed by atoms with Crippen LogP contribution in [0.15, 0.2) is 85.0 Å². The lowest BCUT2D eigenvalue weighted by Gasteiger charge is -2.13. The number of hydrogen-bond donors (Lipinski definition) is 3. The number of carbonyl (C=O) groups excluding carboxylic acids is 8. The summed E-state index contributed by atoms with van der Waals surface area (Å²) in [5.41, 5.74) is 1.86. The maximum Gasteiger partial charge on any atom is 0.321 e. The van der Waals surface area contributed by atoms with Crippen molar-refractivity contribution in [2.75, 3.05) is 93.0 Å². The van der Waals surface area contributed by atoms with Gasteiger partial charge in [-0.2, -0.15) is 24.4 Å². The lowest BCUT2D eigenvalue weighted by molar-refractivity contribution is -0.132. The summed E-state index contributed by atoms with van der Waals surface area (Å²) in [4.78, 5) is 95.0. The second-order valence-corrected chi connectivity index (χ2v) is 20.3. The molecule has 0 aliphatic carbocycles. The number of hydrogen-bond acceptors (Lipinski definition) is 22. The first-order valence-corrected chi connectivity index (χ1v) is 28.4. The van der Waals surface area contributed by atoms with Crippen molar-refractivity contribution in [2.45, 2.75) is 39.4 Å². The van der Waals surface area contributed by atoms with Crippen LogP contribution in [0.4, 0.5) is 0 Å². The van der Waals surface area contributed by atoms with E-state index in [1.54, 1.807) is 97.6 Å². The Morgan fingerprint density at radius 2 is 0.927 bits per heavy atom. The number of benzene rings is 4. The Morgan fingerprint density at radius 3 is 1.28 bits per heavy atom. The largest absolute Gasteiger partial charge is 0.493 e. The first-order valence-electron chi connectivity index (χ1n) is 24.7. The third-order valence-corrected chi connectivity index (χ3v) is 13.4. The second-order valence-electron chi connectivity index (χ2n) is 16.3. The Morgan fingerprint density at radius 1 is 0.524 bits per heavy atom. The Kier molecular flexibility index (Phi) is 33.6. The number of nitrogens with one attached hydrogen (secondary N) is 2. The van der Waals surface area contributed by atoms with E-state index >= 15 is 0 Å². The number of methoxy groups -OCH3 is 8. The van der Waals surface area contributed by atoms with Crippen LogP contribution in [0.2, 0.25) is 0 Å². The van der Waals surface area contributed by atoms with Crippen LogP contribution in [0, 0.1) is 0 Å². The summed E-state index contributed by atoms with van der Waals surface area (Å²) in [7, 11) is 11.7. The van der Waals surface area contributed by atoms with E-state index in [2.05, 4.69) is 23.3 Å². The summed E-state index contributed by atoms with van der Waals surface area (Å²) in [6.07, 6.45) is 9.15. The zero-order chi connectivity index (χ0) is 61.1. The smallest absolute Gasteiger partial charge is 0.321 e. The van der Waals surface area contributed by atoms with Gasteiger partial charge in [0, 0.05) is 61.2 Å². The molecule has 0 saturated heterocycles. The van der Waals surface area contributed by atoms with Crippen LogP contribution in [-0.2, 0) is 28.8 Å². The number of esters is 2. The van der Waals surface area contributed by atoms with Crippen molar-refractivity contribution < 1.29 is 85.7 Å². The normalized spacial score (nSPS) is 10.9. The van der Waals surface area contributed by atoms with Crippen LogP contribution in [0.5, 0.6) is 57.5 Å². The van der Waals surface area contributed by atoms with E-state index < -0.39 is 11.9 Å². The number of ketones is 2. The molecule has 1 unspecified atom stereocenters. The van der Waals surface area contributed by atoms with E-state index in [1.165, 1.54) is 89.0 Å². The van der Waals surface area contributed by atoms with Gasteiger partial charge in [0.25, 0.3) is 0 Å². The second kappa shape index (κ2) is 39.0. The molecule has 0 bridgehead atoms. The minimum atomic E-state index is -0.609. The van der Waals surface area contributed by atoms with E-state index in [1.807, 2.05) is 6.92 Å². The number of thioether (sulfide) groups is 3. The van der Waals surface area contributed by atoms with Crippen molar-refractivity contribution in [3.63, 3.8) is 0 Å². The molecule has 82 heavy (non-hydrogen) atoms. The van der Waals surface area contributed by atoms with Gasteiger partial charge in [0.2, 0.25) is 28.4 Å². The molecule has 24 heteroatoms. The molecule has 4 aromatic rings. The van der Waals surface area contributed by atoms with Crippen molar-refractivity contribution >= 4 is 106 Å². The maximum absolute atomic E-state index is 12.9. The zero-order valence-corrected chi connectivity index (χ0v) is 51.1. The molecule has 0 saturated carbocycles. The molecule has 2 amide bonds. The summed E-state index contributed by atoms with van der Waals surface area (Å²) < 4.78 is 53.1. The molecule has 0 spiro atoms. The Hall–Kier alpha value is -7.54. The van der Waals surface area contributed by atoms with Crippen LogP contribution >= 0.6 is 47.9 Å². The molecule has 0 fully saturated rings. The average molecular weight is 1210 g/mol.